The van der Waals surface area contributed by atoms with Gasteiger partial charge in [0.15, 0.2) is 0 Å². The molecule has 12 atom stereocenters. The molecule has 16 aliphatic carbocycles. The summed E-state index contributed by atoms with van der Waals surface area (Å²) in [5.41, 5.74) is 2.28. The van der Waals surface area contributed by atoms with E-state index >= 15 is 0 Å². The molecule has 2 aromatic rings. The predicted molar refractivity (Wildman–Crippen MR) is 581 cm³/mol. The summed E-state index contributed by atoms with van der Waals surface area (Å²) in [6.07, 6.45) is 56.8. The van der Waals surface area contributed by atoms with E-state index in [0.29, 0.717) is 97.3 Å². The first-order chi connectivity index (χ1) is 65.6. The molecule has 802 valence electrons. The highest BCUT2D eigenvalue weighted by Gasteiger charge is 2.62. The maximum Gasteiger partial charge on any atom is 0.119 e. The van der Waals surface area contributed by atoms with Crippen molar-refractivity contribution in [2.24, 2.45) is 112 Å². The molecule has 17 aliphatic rings. The van der Waals surface area contributed by atoms with Crippen LogP contribution in [0, 0.1) is 112 Å². The number of hydrogen-bond donors (Lipinski definition) is 0. The SMILES string of the molecule is CC(C)COC(C)C.CC(C)OC12CC3CC(CC(C3)C1)C2.CC(C)OC1CCCCC1.CC(C)OCC12CC3CC(CC(C3)C1)C2.CC(C)OCCC1CC2CC1C1C3CCC(C3)C21.CC(C)OCCC1CC2CCC1C2.CC(C)OCCC1CCCCC1.CC(C)OCCOc1ccccc1.CC(C)OCCc1ccccc1.CC1CSCCO1.CCC(C)OC.CCOC.CCOCC. The number of ether oxygens (including phenoxy) is 14. The summed E-state index contributed by atoms with van der Waals surface area (Å²) in [6, 6.07) is 20.2. The first-order valence-electron chi connectivity index (χ1n) is 57.8. The highest BCUT2D eigenvalue weighted by molar-refractivity contribution is 7.99. The fourth-order valence-corrected chi connectivity index (χ4v) is 26.9. The molecule has 19 rings (SSSR count). The number of para-hydroxylation sites is 1. The summed E-state index contributed by atoms with van der Waals surface area (Å²) in [5.74, 6) is 22.2. The normalized spacial score (nSPS) is 29.6. The van der Waals surface area contributed by atoms with Gasteiger partial charge in [-0.25, -0.2) is 0 Å². The van der Waals surface area contributed by atoms with Gasteiger partial charge in [-0.1, -0.05) is 127 Å². The van der Waals surface area contributed by atoms with Crippen molar-refractivity contribution in [1.29, 1.82) is 0 Å². The average Bonchev–Trinajstić information content (AvgIpc) is 1.55. The van der Waals surface area contributed by atoms with Gasteiger partial charge in [0.2, 0.25) is 0 Å². The molecule has 14 nitrogen and oxygen atoms in total. The van der Waals surface area contributed by atoms with Crippen molar-refractivity contribution in [3.05, 3.63) is 66.2 Å². The largest absolute Gasteiger partial charge is 0.491 e. The second-order valence-corrected chi connectivity index (χ2v) is 48.4. The number of rotatable bonds is 36. The van der Waals surface area contributed by atoms with Crippen LogP contribution >= 0.6 is 11.8 Å². The molecule has 137 heavy (non-hydrogen) atoms. The third-order valence-corrected chi connectivity index (χ3v) is 32.5. The molecule has 17 fully saturated rings. The lowest BCUT2D eigenvalue weighted by Crippen LogP contribution is -2.52. The summed E-state index contributed by atoms with van der Waals surface area (Å²) in [7, 11) is 3.41. The van der Waals surface area contributed by atoms with E-state index in [2.05, 4.69) is 174 Å². The van der Waals surface area contributed by atoms with Crippen LogP contribution in [0.3, 0.4) is 0 Å². The van der Waals surface area contributed by atoms with Crippen LogP contribution in [0.25, 0.3) is 0 Å². The lowest BCUT2D eigenvalue weighted by Gasteiger charge is -2.56. The maximum absolute atomic E-state index is 6.25. The van der Waals surface area contributed by atoms with Gasteiger partial charge in [-0.15, -0.1) is 0 Å². The summed E-state index contributed by atoms with van der Waals surface area (Å²) in [6.45, 7) is 65.0. The topological polar surface area (TPSA) is 129 Å². The van der Waals surface area contributed by atoms with Crippen molar-refractivity contribution in [3.63, 3.8) is 0 Å². The van der Waals surface area contributed by atoms with E-state index < -0.39 is 0 Å². The van der Waals surface area contributed by atoms with Gasteiger partial charge in [0.05, 0.1) is 105 Å². The van der Waals surface area contributed by atoms with Crippen LogP contribution in [0.15, 0.2) is 60.7 Å². The Labute approximate surface area is 851 Å². The van der Waals surface area contributed by atoms with Gasteiger partial charge >= 0.3 is 0 Å². The van der Waals surface area contributed by atoms with Gasteiger partial charge in [-0.3, -0.25) is 0 Å². The quantitative estimate of drug-likeness (QED) is 0.0474. The van der Waals surface area contributed by atoms with Crippen molar-refractivity contribution in [3.8, 4) is 5.75 Å². The summed E-state index contributed by atoms with van der Waals surface area (Å²) in [4.78, 5) is 0. The fourth-order valence-electron chi connectivity index (χ4n) is 26.1. The highest BCUT2D eigenvalue weighted by Crippen LogP contribution is 2.69. The lowest BCUT2D eigenvalue weighted by molar-refractivity contribution is -0.180. The van der Waals surface area contributed by atoms with Crippen molar-refractivity contribution in [2.75, 3.05) is 105 Å². The Kier molecular flexibility index (Phi) is 66.3. The smallest absolute Gasteiger partial charge is 0.119 e. The Bertz CT molecular complexity index is 3020. The van der Waals surface area contributed by atoms with Gasteiger partial charge < -0.3 is 66.3 Å². The predicted octanol–water partition coefficient (Wildman–Crippen LogP) is 32.0. The molecular formula is C122H224O14S. The molecule has 1 heterocycles. The molecule has 16 saturated carbocycles. The molecule has 0 amide bonds. The van der Waals surface area contributed by atoms with Crippen molar-refractivity contribution >= 4 is 11.8 Å². The van der Waals surface area contributed by atoms with Gasteiger partial charge in [0.1, 0.15) is 12.4 Å². The Morgan fingerprint density at radius 3 is 1.28 bits per heavy atom. The monoisotopic (exact) mass is 1950 g/mol. The zero-order valence-electron chi connectivity index (χ0n) is 94.6. The van der Waals surface area contributed by atoms with Gasteiger partial charge in [0, 0.05) is 72.0 Å². The molecule has 2 aromatic carbocycles. The molecule has 12 unspecified atom stereocenters. The molecule has 1 saturated heterocycles. The van der Waals surface area contributed by atoms with E-state index in [1.807, 2.05) is 82.8 Å². The van der Waals surface area contributed by atoms with Crippen LogP contribution in [-0.4, -0.2) is 184 Å². The maximum atomic E-state index is 6.25. The third kappa shape index (κ3) is 54.0. The minimum absolute atomic E-state index is 0.277. The van der Waals surface area contributed by atoms with Crippen LogP contribution in [-0.2, 0) is 68.0 Å². The Morgan fingerprint density at radius 1 is 0.401 bits per heavy atom. The van der Waals surface area contributed by atoms with Crippen LogP contribution in [0.4, 0.5) is 0 Å². The minimum atomic E-state index is 0.277. The van der Waals surface area contributed by atoms with Gasteiger partial charge in [-0.2, -0.15) is 11.8 Å². The van der Waals surface area contributed by atoms with Crippen LogP contribution in [0.2, 0.25) is 0 Å². The molecule has 0 radical (unpaired) electrons. The molecule has 15 heteroatoms. The van der Waals surface area contributed by atoms with E-state index in [1.165, 1.54) is 190 Å². The highest BCUT2D eigenvalue weighted by atomic mass is 32.2. The first kappa shape index (κ1) is 126. The number of benzene rings is 2. The Balaban J connectivity index is 0.000000266. The Hall–Kier alpha value is -1.93. The molecule has 0 aromatic heterocycles. The van der Waals surface area contributed by atoms with E-state index in [9.17, 15) is 0 Å². The molecule has 0 N–H and O–H groups in total. The van der Waals surface area contributed by atoms with Gasteiger partial charge in [-0.05, 0) is 462 Å². The Morgan fingerprint density at radius 2 is 0.876 bits per heavy atom. The zero-order valence-corrected chi connectivity index (χ0v) is 95.4. The van der Waals surface area contributed by atoms with Crippen LogP contribution in [0.1, 0.15) is 410 Å². The zero-order chi connectivity index (χ0) is 101. The summed E-state index contributed by atoms with van der Waals surface area (Å²) < 4.78 is 75.9. The fraction of sp³-hybridized carbons (Fsp3) is 0.902. The molecule has 14 bridgehead atoms. The van der Waals surface area contributed by atoms with E-state index in [0.717, 1.165) is 179 Å². The standard InChI is InChI=1S/C17H28O.C14H24O.C13H22O.C12H22O.C11H16O2.C11H22O.C11H16O.C9H18O.C7H16O.C5H10OS.C5H12O.C4H10O.C3H8O/c1-10(2)18-6-5-11-7-14-9-15(11)17-13-4-3-12(8-13)16(14)17;1-10(2)15-9-14-6-11-3-12(7-14)5-13(4-11)8-14;1-9(2)14-13-6-10-3-11(7-13)5-12(4-10)8-13;1-9(2)13-6-5-12-8-10-3-4-11(12)7-10;1-10(2)12-8-9-13-11-6-4-3-5-7-11;2*1-10(2)12-9-8-11-6-4-3-5-7-11;1-8(2)10-9-6-4-3-5-7-9;1-6(2)5-8-7(3)4;1-5-4-7-3-2-6-5;1-4-5(2)6-3;1-3-5-4-2;1-3-4-2/h10-17H,3-9H2,1-2H3;10-13H,3-9H2,1-2H3;9-12H,3-8H2,1-2H3;9-12H,3-8H2,1-2H3;3-7,10H,8-9H2,1-2H3;10-11H,3-9H2,1-2H3;3-7,10H,8-9H2,1-2H3;8-9H,3-7H2,1-2H3;6-7H,5H2,1-4H3;5H,2-4H2,1H3;5H,4H2,1-3H3;3-4H2,1-2H3;3H2,1-2H3. The van der Waals surface area contributed by atoms with Crippen molar-refractivity contribution in [1.82, 2.24) is 0 Å². The molecule has 0 spiro atoms. The second kappa shape index (κ2) is 72.4. The third-order valence-electron chi connectivity index (χ3n) is 31.4. The average molecular weight is 1950 g/mol. The number of hydrogen-bond acceptors (Lipinski definition) is 15. The minimum Gasteiger partial charge on any atom is -0.491 e. The molecular weight excluding hydrogens is 1720 g/mol. The van der Waals surface area contributed by atoms with Gasteiger partial charge in [0.25, 0.3) is 0 Å². The number of thioether (sulfide) groups is 1. The molecule has 1 aliphatic heterocycles. The number of fused-ring (bicyclic) bond motifs is 11. The summed E-state index contributed by atoms with van der Waals surface area (Å²) >= 11 is 1.98. The van der Waals surface area contributed by atoms with Crippen molar-refractivity contribution in [2.45, 2.75) is 490 Å². The first-order valence-corrected chi connectivity index (χ1v) is 58.9. The van der Waals surface area contributed by atoms with Crippen molar-refractivity contribution < 1.29 is 66.3 Å². The van der Waals surface area contributed by atoms with E-state index in [-0.39, 0.29) is 6.10 Å². The summed E-state index contributed by atoms with van der Waals surface area (Å²) in [5, 5.41) is 0. The van der Waals surface area contributed by atoms with E-state index in [4.69, 9.17) is 61.6 Å². The van der Waals surface area contributed by atoms with Crippen LogP contribution in [0.5, 0.6) is 5.75 Å². The number of methoxy groups -OCH3 is 2. The van der Waals surface area contributed by atoms with Crippen LogP contribution < -0.4 is 4.74 Å². The second-order valence-electron chi connectivity index (χ2n) is 47.3. The van der Waals surface area contributed by atoms with E-state index in [1.54, 1.807) is 65.6 Å². The lowest BCUT2D eigenvalue weighted by atomic mass is 9.50.